The molecule has 0 heterocycles. The molecule has 0 saturated heterocycles. The van der Waals surface area contributed by atoms with Crippen molar-refractivity contribution in [1.29, 1.82) is 0 Å². The summed E-state index contributed by atoms with van der Waals surface area (Å²) in [6, 6.07) is 0. The molecule has 4 heteroatoms. The number of rotatable bonds is 28. The maximum Gasteiger partial charge on any atom is 0.306 e. The SMILES string of the molecule is CCCCCCCCCCCCCCCC(=O)OC(CCCCCCCCCC)CCCC(=O)O. The van der Waals surface area contributed by atoms with Gasteiger partial charge in [0, 0.05) is 12.8 Å². The molecule has 0 aliphatic heterocycles. The molecule has 0 fully saturated rings. The zero-order valence-electron chi connectivity index (χ0n) is 23.6. The number of carbonyl (C=O) groups excluding carboxylic acids is 1. The number of aliphatic carboxylic acids is 1. The third-order valence-electron chi connectivity index (χ3n) is 7.08. The molecule has 4 nitrogen and oxygen atoms in total. The molecule has 0 radical (unpaired) electrons. The van der Waals surface area contributed by atoms with Gasteiger partial charge in [0.15, 0.2) is 0 Å². The van der Waals surface area contributed by atoms with Gasteiger partial charge in [0.1, 0.15) is 6.10 Å². The predicted octanol–water partition coefficient (Wildman–Crippen LogP) is 10.2. The minimum atomic E-state index is -0.769. The predicted molar refractivity (Wildman–Crippen MR) is 149 cm³/mol. The first kappa shape index (κ1) is 33.9. The fourth-order valence-electron chi connectivity index (χ4n) is 4.78. The molecule has 0 amide bonds. The molecule has 35 heavy (non-hydrogen) atoms. The molecule has 0 saturated carbocycles. The molecule has 0 aromatic rings. The van der Waals surface area contributed by atoms with Crippen LogP contribution in [0.3, 0.4) is 0 Å². The van der Waals surface area contributed by atoms with Crippen LogP contribution in [0, 0.1) is 0 Å². The highest BCUT2D eigenvalue weighted by Crippen LogP contribution is 2.18. The second kappa shape index (κ2) is 27.5. The average molecular weight is 497 g/mol. The molecule has 0 bridgehead atoms. The fourth-order valence-corrected chi connectivity index (χ4v) is 4.78. The highest BCUT2D eigenvalue weighted by Gasteiger charge is 2.15. The van der Waals surface area contributed by atoms with Gasteiger partial charge in [-0.1, -0.05) is 136 Å². The van der Waals surface area contributed by atoms with Gasteiger partial charge in [-0.25, -0.2) is 0 Å². The zero-order chi connectivity index (χ0) is 25.8. The van der Waals surface area contributed by atoms with Crippen molar-refractivity contribution < 1.29 is 19.4 Å². The summed E-state index contributed by atoms with van der Waals surface area (Å²) in [7, 11) is 0. The minimum absolute atomic E-state index is 0.0898. The van der Waals surface area contributed by atoms with Gasteiger partial charge in [-0.05, 0) is 32.1 Å². The summed E-state index contributed by atoms with van der Waals surface area (Å²) in [4.78, 5) is 23.2. The van der Waals surface area contributed by atoms with Gasteiger partial charge in [0.2, 0.25) is 0 Å². The Morgan fingerprint density at radius 2 is 0.886 bits per heavy atom. The van der Waals surface area contributed by atoms with Crippen LogP contribution >= 0.6 is 0 Å². The monoisotopic (exact) mass is 496 g/mol. The van der Waals surface area contributed by atoms with Crippen molar-refractivity contribution >= 4 is 11.9 Å². The molecule has 1 atom stereocenters. The Morgan fingerprint density at radius 3 is 1.31 bits per heavy atom. The van der Waals surface area contributed by atoms with E-state index >= 15 is 0 Å². The van der Waals surface area contributed by atoms with Crippen LogP contribution in [-0.2, 0) is 14.3 Å². The van der Waals surface area contributed by atoms with Gasteiger partial charge in [0.05, 0.1) is 0 Å². The van der Waals surface area contributed by atoms with E-state index < -0.39 is 5.97 Å². The normalized spacial score (nSPS) is 12.1. The summed E-state index contributed by atoms with van der Waals surface area (Å²) in [6.45, 7) is 4.51. The van der Waals surface area contributed by atoms with E-state index in [1.807, 2.05) is 0 Å². The number of unbranched alkanes of at least 4 members (excludes halogenated alkanes) is 19. The second-order valence-electron chi connectivity index (χ2n) is 10.7. The maximum atomic E-state index is 12.3. The van der Waals surface area contributed by atoms with Gasteiger partial charge in [-0.15, -0.1) is 0 Å². The fraction of sp³-hybridized carbons (Fsp3) is 0.935. The molecular formula is C31H60O4. The summed E-state index contributed by atoms with van der Waals surface area (Å²) in [5, 5.41) is 8.92. The third kappa shape index (κ3) is 27.4. The summed E-state index contributed by atoms with van der Waals surface area (Å²) in [6.07, 6.45) is 29.6. The Balaban J connectivity index is 3.81. The van der Waals surface area contributed by atoms with Crippen LogP contribution in [0.15, 0.2) is 0 Å². The van der Waals surface area contributed by atoms with E-state index in [0.717, 1.165) is 25.7 Å². The molecule has 0 aromatic heterocycles. The van der Waals surface area contributed by atoms with Crippen LogP contribution in [0.4, 0.5) is 0 Å². The molecule has 0 rings (SSSR count). The van der Waals surface area contributed by atoms with Gasteiger partial charge in [-0.3, -0.25) is 9.59 Å². The van der Waals surface area contributed by atoms with Gasteiger partial charge in [0.25, 0.3) is 0 Å². The first-order valence-corrected chi connectivity index (χ1v) is 15.5. The lowest BCUT2D eigenvalue weighted by atomic mass is 10.0. The van der Waals surface area contributed by atoms with E-state index in [-0.39, 0.29) is 18.5 Å². The Morgan fingerprint density at radius 1 is 0.514 bits per heavy atom. The molecular weight excluding hydrogens is 436 g/mol. The van der Waals surface area contributed by atoms with E-state index in [1.165, 1.54) is 116 Å². The van der Waals surface area contributed by atoms with Crippen molar-refractivity contribution in [3.63, 3.8) is 0 Å². The average Bonchev–Trinajstić information content (AvgIpc) is 2.83. The van der Waals surface area contributed by atoms with Crippen LogP contribution in [0.2, 0.25) is 0 Å². The van der Waals surface area contributed by atoms with Crippen molar-refractivity contribution in [1.82, 2.24) is 0 Å². The van der Waals surface area contributed by atoms with E-state index in [1.54, 1.807) is 0 Å². The van der Waals surface area contributed by atoms with Crippen LogP contribution in [0.1, 0.15) is 181 Å². The lowest BCUT2D eigenvalue weighted by Gasteiger charge is -2.18. The highest BCUT2D eigenvalue weighted by molar-refractivity contribution is 5.69. The molecule has 0 aromatic carbocycles. The summed E-state index contributed by atoms with van der Waals surface area (Å²) in [5.74, 6) is -0.859. The van der Waals surface area contributed by atoms with Crippen LogP contribution < -0.4 is 0 Å². The van der Waals surface area contributed by atoms with Gasteiger partial charge >= 0.3 is 11.9 Å². The van der Waals surface area contributed by atoms with Gasteiger partial charge < -0.3 is 9.84 Å². The van der Waals surface area contributed by atoms with Crippen molar-refractivity contribution in [2.75, 3.05) is 0 Å². The van der Waals surface area contributed by atoms with Crippen molar-refractivity contribution in [3.8, 4) is 0 Å². The Bertz CT molecular complexity index is 463. The van der Waals surface area contributed by atoms with E-state index in [0.29, 0.717) is 19.3 Å². The van der Waals surface area contributed by atoms with E-state index in [2.05, 4.69) is 13.8 Å². The maximum absolute atomic E-state index is 12.3. The number of esters is 1. The number of hydrogen-bond acceptors (Lipinski definition) is 3. The summed E-state index contributed by atoms with van der Waals surface area (Å²) in [5.41, 5.74) is 0. The topological polar surface area (TPSA) is 63.6 Å². The summed E-state index contributed by atoms with van der Waals surface area (Å²) < 4.78 is 5.77. The Labute approximate surface area is 218 Å². The van der Waals surface area contributed by atoms with Crippen molar-refractivity contribution in [2.24, 2.45) is 0 Å². The van der Waals surface area contributed by atoms with Crippen LogP contribution in [-0.4, -0.2) is 23.1 Å². The Kier molecular flexibility index (Phi) is 26.7. The zero-order valence-corrected chi connectivity index (χ0v) is 23.6. The minimum Gasteiger partial charge on any atom is -0.481 e. The molecule has 0 spiro atoms. The van der Waals surface area contributed by atoms with Crippen LogP contribution in [0.5, 0.6) is 0 Å². The number of ether oxygens (including phenoxy) is 1. The van der Waals surface area contributed by atoms with Crippen LogP contribution in [0.25, 0.3) is 0 Å². The first-order chi connectivity index (χ1) is 17.1. The first-order valence-electron chi connectivity index (χ1n) is 15.5. The second-order valence-corrected chi connectivity index (χ2v) is 10.7. The smallest absolute Gasteiger partial charge is 0.306 e. The molecule has 0 aliphatic rings. The Hall–Kier alpha value is -1.06. The lowest BCUT2D eigenvalue weighted by Crippen LogP contribution is -2.18. The summed E-state index contributed by atoms with van der Waals surface area (Å²) >= 11 is 0. The quantitative estimate of drug-likeness (QED) is 0.0864. The number of carboxylic acids is 1. The van der Waals surface area contributed by atoms with E-state index in [9.17, 15) is 9.59 Å². The van der Waals surface area contributed by atoms with E-state index in [4.69, 9.17) is 9.84 Å². The third-order valence-corrected chi connectivity index (χ3v) is 7.08. The van der Waals surface area contributed by atoms with Crippen molar-refractivity contribution in [3.05, 3.63) is 0 Å². The van der Waals surface area contributed by atoms with Crippen molar-refractivity contribution in [2.45, 2.75) is 187 Å². The number of carboxylic acid groups (broad SMARTS) is 1. The molecule has 1 unspecified atom stereocenters. The number of carbonyl (C=O) groups is 2. The standard InChI is InChI=1S/C31H60O4/c1-3-5-7-9-11-13-14-15-16-17-19-21-23-28-31(34)35-29(26-24-27-30(32)33)25-22-20-18-12-10-8-6-4-2/h29H,3-28H2,1-2H3,(H,32,33). The highest BCUT2D eigenvalue weighted by atomic mass is 16.5. The molecule has 1 N–H and O–H groups in total. The molecule has 0 aliphatic carbocycles. The largest absolute Gasteiger partial charge is 0.481 e. The number of hydrogen-bond donors (Lipinski definition) is 1. The lowest BCUT2D eigenvalue weighted by molar-refractivity contribution is -0.150. The molecule has 208 valence electrons. The van der Waals surface area contributed by atoms with Gasteiger partial charge in [-0.2, -0.15) is 0 Å².